The average molecular weight is 341 g/mol. The number of aromatic hydroxyl groups is 1. The number of hydrogen-bond acceptors (Lipinski definition) is 4. The topological polar surface area (TPSA) is 136 Å². The number of phenols is 1. The third kappa shape index (κ3) is 3.77. The van der Waals surface area contributed by atoms with Gasteiger partial charge in [-0.2, -0.15) is 0 Å². The molecule has 0 fully saturated rings. The van der Waals surface area contributed by atoms with Crippen molar-refractivity contribution >= 4 is 17.7 Å². The van der Waals surface area contributed by atoms with Gasteiger partial charge < -0.3 is 21.9 Å². The zero-order valence-electron chi connectivity index (χ0n) is 13.4. The summed E-state index contributed by atoms with van der Waals surface area (Å²) in [5.74, 6) is -2.60. The molecule has 3 amide bonds. The molecule has 0 saturated heterocycles. The van der Waals surface area contributed by atoms with Gasteiger partial charge in [-0.25, -0.2) is 0 Å². The van der Waals surface area contributed by atoms with Crippen molar-refractivity contribution in [3.63, 3.8) is 0 Å². The number of nitrogens with one attached hydrogen (secondary N) is 1. The highest BCUT2D eigenvalue weighted by molar-refractivity contribution is 6.34. The van der Waals surface area contributed by atoms with Crippen molar-refractivity contribution in [3.05, 3.63) is 65.7 Å². The first-order chi connectivity index (χ1) is 11.9. The molecule has 130 valence electrons. The second kappa shape index (κ2) is 7.48. The largest absolute Gasteiger partial charge is 0.508 e. The number of rotatable bonds is 6. The SMILES string of the molecule is NC(=O)C(=O)NCCC(C(N)=O)(c1ccccc1)c1ccc(O)cc1. The van der Waals surface area contributed by atoms with Crippen molar-refractivity contribution in [3.8, 4) is 5.75 Å². The van der Waals surface area contributed by atoms with Crippen molar-refractivity contribution in [1.29, 1.82) is 0 Å². The van der Waals surface area contributed by atoms with Crippen molar-refractivity contribution in [1.82, 2.24) is 5.32 Å². The maximum atomic E-state index is 12.5. The molecule has 0 spiro atoms. The van der Waals surface area contributed by atoms with Crippen LogP contribution in [0.2, 0.25) is 0 Å². The molecular weight excluding hydrogens is 322 g/mol. The van der Waals surface area contributed by atoms with Crippen LogP contribution in [0.4, 0.5) is 0 Å². The van der Waals surface area contributed by atoms with Crippen LogP contribution in [0, 0.1) is 0 Å². The summed E-state index contributed by atoms with van der Waals surface area (Å²) in [4.78, 5) is 34.7. The first-order valence-corrected chi connectivity index (χ1v) is 7.60. The van der Waals surface area contributed by atoms with Crippen LogP contribution in [0.3, 0.4) is 0 Å². The molecule has 2 rings (SSSR count). The summed E-state index contributed by atoms with van der Waals surface area (Å²) in [5.41, 5.74) is 10.6. The first kappa shape index (κ1) is 18.0. The lowest BCUT2D eigenvalue weighted by Crippen LogP contribution is -2.46. The van der Waals surface area contributed by atoms with Crippen LogP contribution in [-0.2, 0) is 19.8 Å². The number of carbonyl (C=O) groups is 3. The van der Waals surface area contributed by atoms with E-state index in [0.29, 0.717) is 11.1 Å². The van der Waals surface area contributed by atoms with Gasteiger partial charge in [0.05, 0.1) is 0 Å². The van der Waals surface area contributed by atoms with E-state index in [1.165, 1.54) is 12.1 Å². The molecular formula is C18H19N3O4. The molecule has 2 aromatic rings. The lowest BCUT2D eigenvalue weighted by molar-refractivity contribution is -0.137. The number of nitrogens with two attached hydrogens (primary N) is 2. The van der Waals surface area contributed by atoms with Crippen molar-refractivity contribution < 1.29 is 19.5 Å². The number of primary amides is 2. The maximum absolute atomic E-state index is 12.5. The highest BCUT2D eigenvalue weighted by Crippen LogP contribution is 2.36. The van der Waals surface area contributed by atoms with Gasteiger partial charge in [0, 0.05) is 6.54 Å². The van der Waals surface area contributed by atoms with E-state index in [1.54, 1.807) is 42.5 Å². The molecule has 7 heteroatoms. The number of carbonyl (C=O) groups excluding carboxylic acids is 3. The number of phenolic OH excluding ortho intramolecular Hbond substituents is 1. The molecule has 1 unspecified atom stereocenters. The molecule has 0 heterocycles. The Balaban J connectivity index is 2.45. The van der Waals surface area contributed by atoms with Gasteiger partial charge in [-0.3, -0.25) is 14.4 Å². The monoisotopic (exact) mass is 341 g/mol. The molecule has 0 radical (unpaired) electrons. The zero-order chi connectivity index (χ0) is 18.4. The van der Waals surface area contributed by atoms with E-state index in [4.69, 9.17) is 11.5 Å². The first-order valence-electron chi connectivity index (χ1n) is 7.60. The second-order valence-corrected chi connectivity index (χ2v) is 5.55. The van der Waals surface area contributed by atoms with Gasteiger partial charge in [-0.05, 0) is 29.7 Å². The fourth-order valence-corrected chi connectivity index (χ4v) is 2.78. The van der Waals surface area contributed by atoms with E-state index in [2.05, 4.69) is 5.32 Å². The number of benzene rings is 2. The predicted molar refractivity (Wildman–Crippen MR) is 91.3 cm³/mol. The zero-order valence-corrected chi connectivity index (χ0v) is 13.4. The molecule has 0 aliphatic heterocycles. The van der Waals surface area contributed by atoms with Crippen LogP contribution in [-0.4, -0.2) is 29.4 Å². The quantitative estimate of drug-likeness (QED) is 0.556. The van der Waals surface area contributed by atoms with Crippen LogP contribution in [0.15, 0.2) is 54.6 Å². The number of amides is 3. The van der Waals surface area contributed by atoms with E-state index in [0.717, 1.165) is 0 Å². The summed E-state index contributed by atoms with van der Waals surface area (Å²) in [6, 6.07) is 15.0. The van der Waals surface area contributed by atoms with E-state index >= 15 is 0 Å². The lowest BCUT2D eigenvalue weighted by atomic mass is 9.71. The van der Waals surface area contributed by atoms with Crippen LogP contribution < -0.4 is 16.8 Å². The highest BCUT2D eigenvalue weighted by Gasteiger charge is 2.40. The van der Waals surface area contributed by atoms with E-state index in [-0.39, 0.29) is 18.7 Å². The fourth-order valence-electron chi connectivity index (χ4n) is 2.78. The third-order valence-corrected chi connectivity index (χ3v) is 4.06. The summed E-state index contributed by atoms with van der Waals surface area (Å²) in [7, 11) is 0. The molecule has 0 aliphatic rings. The fraction of sp³-hybridized carbons (Fsp3) is 0.167. The summed E-state index contributed by atoms with van der Waals surface area (Å²) < 4.78 is 0. The molecule has 25 heavy (non-hydrogen) atoms. The summed E-state index contributed by atoms with van der Waals surface area (Å²) in [6.45, 7) is 0.0144. The Hall–Kier alpha value is -3.35. The molecule has 0 aromatic heterocycles. The highest BCUT2D eigenvalue weighted by atomic mass is 16.3. The predicted octanol–water partition coefficient (Wildman–Crippen LogP) is 0.155. The summed E-state index contributed by atoms with van der Waals surface area (Å²) >= 11 is 0. The lowest BCUT2D eigenvalue weighted by Gasteiger charge is -2.32. The van der Waals surface area contributed by atoms with Crippen LogP contribution in [0.5, 0.6) is 5.75 Å². The third-order valence-electron chi connectivity index (χ3n) is 4.06. The van der Waals surface area contributed by atoms with E-state index < -0.39 is 23.1 Å². The number of hydrogen-bond donors (Lipinski definition) is 4. The van der Waals surface area contributed by atoms with Gasteiger partial charge in [-0.15, -0.1) is 0 Å². The van der Waals surface area contributed by atoms with Gasteiger partial charge in [0.1, 0.15) is 11.2 Å². The van der Waals surface area contributed by atoms with Crippen molar-refractivity contribution in [2.45, 2.75) is 11.8 Å². The minimum atomic E-state index is -1.24. The van der Waals surface area contributed by atoms with Gasteiger partial charge in [-0.1, -0.05) is 42.5 Å². The Morgan fingerprint density at radius 3 is 2.00 bits per heavy atom. The van der Waals surface area contributed by atoms with Crippen LogP contribution in [0.1, 0.15) is 17.5 Å². The Morgan fingerprint density at radius 1 is 0.920 bits per heavy atom. The minimum absolute atomic E-state index is 0.0144. The summed E-state index contributed by atoms with van der Waals surface area (Å²) in [6.07, 6.45) is 0.121. The average Bonchev–Trinajstić information content (AvgIpc) is 2.60. The van der Waals surface area contributed by atoms with E-state index in [1.807, 2.05) is 0 Å². The van der Waals surface area contributed by atoms with Gasteiger partial charge in [0.15, 0.2) is 0 Å². The molecule has 0 saturated carbocycles. The molecule has 0 bridgehead atoms. The standard InChI is InChI=1S/C18H19N3O4/c19-15(23)16(24)21-11-10-18(17(20)25,12-4-2-1-3-5-12)13-6-8-14(22)9-7-13/h1-9,22H,10-11H2,(H2,19,23)(H2,20,25)(H,21,24). The maximum Gasteiger partial charge on any atom is 0.309 e. The van der Waals surface area contributed by atoms with Crippen molar-refractivity contribution in [2.75, 3.05) is 6.54 Å². The van der Waals surface area contributed by atoms with Crippen LogP contribution >= 0.6 is 0 Å². The normalized spacial score (nSPS) is 12.8. The Labute approximate surface area is 144 Å². The molecule has 6 N–H and O–H groups in total. The van der Waals surface area contributed by atoms with Crippen LogP contribution in [0.25, 0.3) is 0 Å². The van der Waals surface area contributed by atoms with Gasteiger partial charge in [0.2, 0.25) is 5.91 Å². The smallest absolute Gasteiger partial charge is 0.309 e. The molecule has 0 aliphatic carbocycles. The van der Waals surface area contributed by atoms with Crippen molar-refractivity contribution in [2.24, 2.45) is 11.5 Å². The summed E-state index contributed by atoms with van der Waals surface area (Å²) in [5, 5.41) is 11.9. The Bertz CT molecular complexity index is 775. The van der Waals surface area contributed by atoms with Gasteiger partial charge >= 0.3 is 11.8 Å². The molecule has 7 nitrogen and oxygen atoms in total. The Morgan fingerprint density at radius 2 is 1.48 bits per heavy atom. The molecule has 2 aromatic carbocycles. The minimum Gasteiger partial charge on any atom is -0.508 e. The van der Waals surface area contributed by atoms with Gasteiger partial charge in [0.25, 0.3) is 0 Å². The second-order valence-electron chi connectivity index (χ2n) is 5.55. The molecule has 1 atom stereocenters. The Kier molecular flexibility index (Phi) is 5.38. The van der Waals surface area contributed by atoms with E-state index in [9.17, 15) is 19.5 Å².